The van der Waals surface area contributed by atoms with Gasteiger partial charge in [-0.15, -0.1) is 0 Å². The maximum Gasteiger partial charge on any atom is 0.0622 e. The van der Waals surface area contributed by atoms with E-state index in [-0.39, 0.29) is 18.7 Å². The third kappa shape index (κ3) is 2.64. The Balaban J connectivity index is 2.46. The summed E-state index contributed by atoms with van der Waals surface area (Å²) in [4.78, 5) is 2.14. The molecule has 0 bridgehead atoms. The third-order valence-corrected chi connectivity index (χ3v) is 2.80. The Kier molecular flexibility index (Phi) is 4.12. The summed E-state index contributed by atoms with van der Waals surface area (Å²) in [5.41, 5.74) is 5.77. The molecule has 0 aromatic rings. The molecule has 0 radical (unpaired) electrons. The second-order valence-electron chi connectivity index (χ2n) is 3.79. The van der Waals surface area contributed by atoms with Crippen LogP contribution in [0, 0.1) is 0 Å². The summed E-state index contributed by atoms with van der Waals surface area (Å²) in [5, 5.41) is 9.16. The minimum absolute atomic E-state index is 0.00407. The highest BCUT2D eigenvalue weighted by molar-refractivity contribution is 4.83. The van der Waals surface area contributed by atoms with Crippen LogP contribution in [0.1, 0.15) is 13.3 Å². The molecule has 4 heteroatoms. The summed E-state index contributed by atoms with van der Waals surface area (Å²) in [6, 6.07) is 0.463. The van der Waals surface area contributed by atoms with Crippen molar-refractivity contribution in [3.05, 3.63) is 0 Å². The Morgan fingerprint density at radius 2 is 2.38 bits per heavy atom. The molecule has 78 valence electrons. The van der Waals surface area contributed by atoms with E-state index in [1.165, 1.54) is 0 Å². The van der Waals surface area contributed by atoms with Crippen molar-refractivity contribution in [2.45, 2.75) is 31.5 Å². The van der Waals surface area contributed by atoms with Crippen molar-refractivity contribution >= 4 is 0 Å². The van der Waals surface area contributed by atoms with E-state index in [4.69, 9.17) is 15.6 Å². The minimum atomic E-state index is -0.00407. The van der Waals surface area contributed by atoms with Gasteiger partial charge in [0.25, 0.3) is 0 Å². The lowest BCUT2D eigenvalue weighted by Crippen LogP contribution is -2.51. The summed E-state index contributed by atoms with van der Waals surface area (Å²) in [5.74, 6) is 0. The van der Waals surface area contributed by atoms with Gasteiger partial charge >= 0.3 is 0 Å². The van der Waals surface area contributed by atoms with Crippen LogP contribution >= 0.6 is 0 Å². The normalized spacial score (nSPS) is 27.9. The maximum atomic E-state index is 9.16. The third-order valence-electron chi connectivity index (χ3n) is 2.80. The summed E-state index contributed by atoms with van der Waals surface area (Å²) in [6.45, 7) is 3.63. The van der Waals surface area contributed by atoms with Gasteiger partial charge in [-0.1, -0.05) is 0 Å². The number of aliphatic hydroxyl groups is 1. The first-order valence-corrected chi connectivity index (χ1v) is 4.83. The number of aliphatic hydroxyl groups excluding tert-OH is 1. The molecular formula is C9H20N2O2. The van der Waals surface area contributed by atoms with Crippen molar-refractivity contribution in [3.8, 4) is 0 Å². The van der Waals surface area contributed by atoms with Gasteiger partial charge in [0, 0.05) is 24.7 Å². The van der Waals surface area contributed by atoms with E-state index >= 15 is 0 Å². The van der Waals surface area contributed by atoms with Gasteiger partial charge in [0.15, 0.2) is 0 Å². The molecule has 0 aliphatic carbocycles. The number of likely N-dealkylation sites (N-methyl/N-ethyl adjacent to an activating group) is 1. The van der Waals surface area contributed by atoms with Crippen molar-refractivity contribution in [3.63, 3.8) is 0 Å². The fourth-order valence-electron chi connectivity index (χ4n) is 1.78. The Morgan fingerprint density at radius 3 is 2.77 bits per heavy atom. The van der Waals surface area contributed by atoms with Crippen LogP contribution in [0.25, 0.3) is 0 Å². The van der Waals surface area contributed by atoms with Crippen molar-refractivity contribution in [2.24, 2.45) is 5.73 Å². The molecule has 13 heavy (non-hydrogen) atoms. The Morgan fingerprint density at radius 1 is 1.69 bits per heavy atom. The lowest BCUT2D eigenvalue weighted by molar-refractivity contribution is 0.0835. The topological polar surface area (TPSA) is 58.7 Å². The summed E-state index contributed by atoms with van der Waals surface area (Å²) >= 11 is 0. The fourth-order valence-corrected chi connectivity index (χ4v) is 1.78. The van der Waals surface area contributed by atoms with Gasteiger partial charge in [-0.2, -0.15) is 0 Å². The van der Waals surface area contributed by atoms with Crippen LogP contribution in [-0.2, 0) is 4.74 Å². The monoisotopic (exact) mass is 188 g/mol. The van der Waals surface area contributed by atoms with E-state index in [1.807, 2.05) is 14.0 Å². The number of nitrogens with zero attached hydrogens (tertiary/aromatic N) is 1. The highest BCUT2D eigenvalue weighted by Gasteiger charge is 2.27. The molecule has 1 fully saturated rings. The van der Waals surface area contributed by atoms with E-state index in [0.717, 1.165) is 19.6 Å². The number of hydrogen-bond donors (Lipinski definition) is 2. The van der Waals surface area contributed by atoms with E-state index in [2.05, 4.69) is 4.90 Å². The smallest absolute Gasteiger partial charge is 0.0622 e. The molecule has 1 aliphatic rings. The second kappa shape index (κ2) is 4.91. The van der Waals surface area contributed by atoms with Crippen LogP contribution in [0.5, 0.6) is 0 Å². The van der Waals surface area contributed by atoms with Crippen LogP contribution < -0.4 is 5.73 Å². The SMILES string of the molecule is CC(N)C(CO)N(C)C1CCOC1. The molecular weight excluding hydrogens is 168 g/mol. The summed E-state index contributed by atoms with van der Waals surface area (Å²) in [6.07, 6.45) is 1.04. The largest absolute Gasteiger partial charge is 0.395 e. The molecule has 1 aliphatic heterocycles. The van der Waals surface area contributed by atoms with Crippen LogP contribution in [0.2, 0.25) is 0 Å². The molecule has 0 aromatic carbocycles. The molecule has 1 saturated heterocycles. The number of nitrogens with two attached hydrogens (primary N) is 1. The molecule has 3 N–H and O–H groups in total. The zero-order chi connectivity index (χ0) is 9.84. The molecule has 4 nitrogen and oxygen atoms in total. The van der Waals surface area contributed by atoms with Gasteiger partial charge in [-0.3, -0.25) is 4.90 Å². The van der Waals surface area contributed by atoms with Gasteiger partial charge in [-0.25, -0.2) is 0 Å². The predicted molar refractivity (Wildman–Crippen MR) is 51.5 cm³/mol. The van der Waals surface area contributed by atoms with Gasteiger partial charge in [0.2, 0.25) is 0 Å². The van der Waals surface area contributed by atoms with E-state index < -0.39 is 0 Å². The van der Waals surface area contributed by atoms with Gasteiger partial charge in [0.05, 0.1) is 13.2 Å². The molecule has 3 atom stereocenters. The number of rotatable bonds is 4. The average Bonchev–Trinajstić information content (AvgIpc) is 2.56. The lowest BCUT2D eigenvalue weighted by atomic mass is 10.1. The molecule has 1 rings (SSSR count). The van der Waals surface area contributed by atoms with E-state index in [0.29, 0.717) is 6.04 Å². The van der Waals surface area contributed by atoms with Crippen LogP contribution in [0.3, 0.4) is 0 Å². The molecule has 0 spiro atoms. The summed E-state index contributed by atoms with van der Waals surface area (Å²) in [7, 11) is 2.00. The minimum Gasteiger partial charge on any atom is -0.395 e. The Bertz CT molecular complexity index is 147. The van der Waals surface area contributed by atoms with Crippen molar-refractivity contribution in [2.75, 3.05) is 26.9 Å². The Labute approximate surface area is 79.7 Å². The lowest BCUT2D eigenvalue weighted by Gasteiger charge is -2.33. The number of ether oxygens (including phenoxy) is 1. The highest BCUT2D eigenvalue weighted by atomic mass is 16.5. The van der Waals surface area contributed by atoms with Gasteiger partial charge in [0.1, 0.15) is 0 Å². The molecule has 3 unspecified atom stereocenters. The molecule has 0 amide bonds. The van der Waals surface area contributed by atoms with Crippen LogP contribution in [0.4, 0.5) is 0 Å². The second-order valence-corrected chi connectivity index (χ2v) is 3.79. The molecule has 0 saturated carbocycles. The quantitative estimate of drug-likeness (QED) is 0.619. The van der Waals surface area contributed by atoms with Gasteiger partial charge < -0.3 is 15.6 Å². The van der Waals surface area contributed by atoms with E-state index in [9.17, 15) is 0 Å². The summed E-state index contributed by atoms with van der Waals surface area (Å²) < 4.78 is 5.29. The highest BCUT2D eigenvalue weighted by Crippen LogP contribution is 2.14. The van der Waals surface area contributed by atoms with Crippen molar-refractivity contribution < 1.29 is 9.84 Å². The zero-order valence-electron chi connectivity index (χ0n) is 8.44. The van der Waals surface area contributed by atoms with Crippen LogP contribution in [0.15, 0.2) is 0 Å². The van der Waals surface area contributed by atoms with E-state index in [1.54, 1.807) is 0 Å². The van der Waals surface area contributed by atoms with Gasteiger partial charge in [-0.05, 0) is 20.4 Å². The first-order valence-electron chi connectivity index (χ1n) is 4.83. The Hall–Kier alpha value is -0.160. The van der Waals surface area contributed by atoms with Crippen molar-refractivity contribution in [1.82, 2.24) is 4.90 Å². The maximum absolute atomic E-state index is 9.16. The predicted octanol–water partition coefficient (Wildman–Crippen LogP) is -0.585. The average molecular weight is 188 g/mol. The van der Waals surface area contributed by atoms with Crippen molar-refractivity contribution in [1.29, 1.82) is 0 Å². The first kappa shape index (κ1) is 10.9. The molecule has 0 aromatic heterocycles. The number of hydrogen-bond acceptors (Lipinski definition) is 4. The molecule has 1 heterocycles. The first-order chi connectivity index (χ1) is 6.16. The zero-order valence-corrected chi connectivity index (χ0v) is 8.44. The standard InChI is InChI=1S/C9H20N2O2/c1-7(10)9(5-12)11(2)8-3-4-13-6-8/h7-9,12H,3-6,10H2,1-2H3. The fraction of sp³-hybridized carbons (Fsp3) is 1.00. The van der Waals surface area contributed by atoms with Crippen LogP contribution in [-0.4, -0.2) is 55.0 Å².